The van der Waals surface area contributed by atoms with Crippen molar-refractivity contribution in [3.8, 4) is 11.8 Å². The number of hydrogen-bond donors (Lipinski definition) is 0. The van der Waals surface area contributed by atoms with Gasteiger partial charge in [0.15, 0.2) is 0 Å². The molecule has 1 heterocycles. The first kappa shape index (κ1) is 12.9. The van der Waals surface area contributed by atoms with Crippen LogP contribution in [0.5, 0.6) is 5.75 Å². The highest BCUT2D eigenvalue weighted by atomic mass is 16.5. The summed E-state index contributed by atoms with van der Waals surface area (Å²) in [4.78, 5) is 0. The summed E-state index contributed by atoms with van der Waals surface area (Å²) in [6.45, 7) is 0. The molecular weight excluding hydrogens is 264 g/mol. The van der Waals surface area contributed by atoms with Gasteiger partial charge in [0.05, 0.1) is 12.6 Å². The number of allylic oxidation sites excluding steroid dienone is 1. The zero-order valence-electron chi connectivity index (χ0n) is 11.4. The van der Waals surface area contributed by atoms with E-state index in [1.54, 1.807) is 17.9 Å². The van der Waals surface area contributed by atoms with Crippen molar-refractivity contribution in [3.05, 3.63) is 54.1 Å². The van der Waals surface area contributed by atoms with Gasteiger partial charge in [-0.1, -0.05) is 29.5 Å². The standard InChI is InChI=1S/C16H12N4O/c1-21-14-8-6-12(7-9-14)10-13(11-17)20-16-5-3-2-4-15(16)18-19-20/h2-10H,1H3. The molecule has 0 aliphatic heterocycles. The second kappa shape index (κ2) is 5.47. The number of hydrogen-bond acceptors (Lipinski definition) is 4. The third kappa shape index (κ3) is 2.47. The van der Waals surface area contributed by atoms with Crippen molar-refractivity contribution in [2.75, 3.05) is 7.11 Å². The van der Waals surface area contributed by atoms with Crippen molar-refractivity contribution in [1.29, 1.82) is 5.26 Å². The van der Waals surface area contributed by atoms with E-state index in [2.05, 4.69) is 16.4 Å². The molecule has 21 heavy (non-hydrogen) atoms. The van der Waals surface area contributed by atoms with Crippen molar-refractivity contribution in [2.45, 2.75) is 0 Å². The number of aromatic nitrogens is 3. The van der Waals surface area contributed by atoms with Gasteiger partial charge >= 0.3 is 0 Å². The van der Waals surface area contributed by atoms with E-state index in [4.69, 9.17) is 4.74 Å². The number of rotatable bonds is 3. The maximum Gasteiger partial charge on any atom is 0.145 e. The number of methoxy groups -OCH3 is 1. The van der Waals surface area contributed by atoms with Gasteiger partial charge < -0.3 is 4.74 Å². The van der Waals surface area contributed by atoms with Crippen molar-refractivity contribution in [2.24, 2.45) is 0 Å². The zero-order valence-corrected chi connectivity index (χ0v) is 11.4. The lowest BCUT2D eigenvalue weighted by Gasteiger charge is -2.02. The summed E-state index contributed by atoms with van der Waals surface area (Å²) < 4.78 is 6.66. The summed E-state index contributed by atoms with van der Waals surface area (Å²) in [5, 5.41) is 17.5. The van der Waals surface area contributed by atoms with Crippen molar-refractivity contribution < 1.29 is 4.74 Å². The van der Waals surface area contributed by atoms with Crippen LogP contribution in [0.1, 0.15) is 5.56 Å². The van der Waals surface area contributed by atoms with Crippen LogP contribution in [0.2, 0.25) is 0 Å². The number of ether oxygens (including phenoxy) is 1. The van der Waals surface area contributed by atoms with Crippen LogP contribution < -0.4 is 4.74 Å². The van der Waals surface area contributed by atoms with Crippen LogP contribution >= 0.6 is 0 Å². The topological polar surface area (TPSA) is 63.7 Å². The number of para-hydroxylation sites is 1. The van der Waals surface area contributed by atoms with Crippen molar-refractivity contribution in [1.82, 2.24) is 15.0 Å². The SMILES string of the molecule is COc1ccc(C=C(C#N)n2nnc3ccccc32)cc1. The average Bonchev–Trinajstić information content (AvgIpc) is 2.97. The second-order valence-corrected chi connectivity index (χ2v) is 4.40. The van der Waals surface area contributed by atoms with Crippen LogP contribution in [0, 0.1) is 11.3 Å². The number of nitrogens with zero attached hydrogens (tertiary/aromatic N) is 4. The van der Waals surface area contributed by atoms with Crippen LogP contribution in [-0.4, -0.2) is 22.1 Å². The average molecular weight is 276 g/mol. The van der Waals surface area contributed by atoms with E-state index in [9.17, 15) is 5.26 Å². The summed E-state index contributed by atoms with van der Waals surface area (Å²) in [5.74, 6) is 0.775. The van der Waals surface area contributed by atoms with Gasteiger partial charge in [-0.05, 0) is 35.9 Å². The van der Waals surface area contributed by atoms with Gasteiger partial charge in [-0.3, -0.25) is 0 Å². The van der Waals surface area contributed by atoms with Gasteiger partial charge in [-0.25, -0.2) is 4.68 Å². The molecule has 0 radical (unpaired) electrons. The molecule has 2 aromatic carbocycles. The van der Waals surface area contributed by atoms with Crippen LogP contribution in [0.15, 0.2) is 48.5 Å². The quantitative estimate of drug-likeness (QED) is 0.690. The largest absolute Gasteiger partial charge is 0.497 e. The Hall–Kier alpha value is -3.13. The molecule has 0 N–H and O–H groups in total. The summed E-state index contributed by atoms with van der Waals surface area (Å²) >= 11 is 0. The molecule has 0 spiro atoms. The minimum atomic E-state index is 0.411. The molecule has 5 nitrogen and oxygen atoms in total. The van der Waals surface area contributed by atoms with Crippen LogP contribution in [0.4, 0.5) is 0 Å². The van der Waals surface area contributed by atoms with Crippen molar-refractivity contribution in [3.63, 3.8) is 0 Å². The Morgan fingerprint density at radius 2 is 1.95 bits per heavy atom. The lowest BCUT2D eigenvalue weighted by atomic mass is 10.2. The van der Waals surface area contributed by atoms with E-state index in [-0.39, 0.29) is 0 Å². The predicted octanol–water partition coefficient (Wildman–Crippen LogP) is 2.96. The van der Waals surface area contributed by atoms with Crippen LogP contribution in [0.3, 0.4) is 0 Å². The molecule has 0 bridgehead atoms. The highest BCUT2D eigenvalue weighted by Crippen LogP contribution is 2.18. The Morgan fingerprint density at radius 3 is 2.67 bits per heavy atom. The van der Waals surface area contributed by atoms with Crippen LogP contribution in [0.25, 0.3) is 22.8 Å². The Kier molecular flexibility index (Phi) is 3.36. The molecule has 0 saturated carbocycles. The fourth-order valence-corrected chi connectivity index (χ4v) is 2.05. The van der Waals surface area contributed by atoms with Gasteiger partial charge in [0.25, 0.3) is 0 Å². The summed E-state index contributed by atoms with van der Waals surface area (Å²) in [6.07, 6.45) is 1.76. The zero-order chi connectivity index (χ0) is 14.7. The van der Waals surface area contributed by atoms with E-state index in [0.29, 0.717) is 5.70 Å². The minimum absolute atomic E-state index is 0.411. The monoisotopic (exact) mass is 276 g/mol. The van der Waals surface area contributed by atoms with Crippen LogP contribution in [-0.2, 0) is 0 Å². The van der Waals surface area contributed by atoms with Gasteiger partial charge in [0, 0.05) is 0 Å². The molecule has 3 aromatic rings. The molecule has 0 saturated heterocycles. The lowest BCUT2D eigenvalue weighted by molar-refractivity contribution is 0.415. The molecule has 0 fully saturated rings. The second-order valence-electron chi connectivity index (χ2n) is 4.40. The smallest absolute Gasteiger partial charge is 0.145 e. The summed E-state index contributed by atoms with van der Waals surface area (Å²) in [5.41, 5.74) is 2.87. The highest BCUT2D eigenvalue weighted by Gasteiger charge is 2.07. The predicted molar refractivity (Wildman–Crippen MR) is 80.3 cm³/mol. The Balaban J connectivity index is 2.05. The maximum absolute atomic E-state index is 9.39. The molecule has 3 rings (SSSR count). The minimum Gasteiger partial charge on any atom is -0.497 e. The molecule has 102 valence electrons. The molecule has 0 unspecified atom stereocenters. The molecule has 0 atom stereocenters. The van der Waals surface area contributed by atoms with E-state index >= 15 is 0 Å². The molecular formula is C16H12N4O. The normalized spacial score (nSPS) is 11.3. The third-order valence-corrected chi connectivity index (χ3v) is 3.11. The molecule has 0 aliphatic rings. The Labute approximate surface area is 121 Å². The fourth-order valence-electron chi connectivity index (χ4n) is 2.05. The molecule has 5 heteroatoms. The number of nitriles is 1. The molecule has 0 aliphatic carbocycles. The maximum atomic E-state index is 9.39. The lowest BCUT2D eigenvalue weighted by Crippen LogP contribution is -1.97. The van der Waals surface area contributed by atoms with E-state index in [1.807, 2.05) is 48.5 Å². The first-order valence-electron chi connectivity index (χ1n) is 6.38. The molecule has 1 aromatic heterocycles. The van der Waals surface area contributed by atoms with Gasteiger partial charge in [-0.15, -0.1) is 5.10 Å². The van der Waals surface area contributed by atoms with E-state index in [1.165, 1.54) is 0 Å². The summed E-state index contributed by atoms with van der Waals surface area (Å²) in [6, 6.07) is 17.2. The number of fused-ring (bicyclic) bond motifs is 1. The van der Waals surface area contributed by atoms with E-state index < -0.39 is 0 Å². The highest BCUT2D eigenvalue weighted by molar-refractivity contribution is 5.86. The first-order valence-corrected chi connectivity index (χ1v) is 6.38. The van der Waals surface area contributed by atoms with E-state index in [0.717, 1.165) is 22.3 Å². The van der Waals surface area contributed by atoms with Gasteiger partial charge in [-0.2, -0.15) is 5.26 Å². The van der Waals surface area contributed by atoms with Crippen molar-refractivity contribution >= 4 is 22.8 Å². The number of benzene rings is 2. The first-order chi connectivity index (χ1) is 10.3. The third-order valence-electron chi connectivity index (χ3n) is 3.11. The molecule has 0 amide bonds. The Morgan fingerprint density at radius 1 is 1.19 bits per heavy atom. The van der Waals surface area contributed by atoms with Gasteiger partial charge in [0.2, 0.25) is 0 Å². The summed E-state index contributed by atoms with van der Waals surface area (Å²) in [7, 11) is 1.62. The Bertz CT molecular complexity index is 841. The fraction of sp³-hybridized carbons (Fsp3) is 0.0625. The van der Waals surface area contributed by atoms with Gasteiger partial charge in [0.1, 0.15) is 23.0 Å².